The fourth-order valence-electron chi connectivity index (χ4n) is 0.729. The monoisotopic (exact) mass is 205 g/mol. The van der Waals surface area contributed by atoms with Gasteiger partial charge in [0.05, 0.1) is 0 Å². The zero-order valence-corrected chi connectivity index (χ0v) is 12.0. The van der Waals surface area contributed by atoms with Crippen molar-refractivity contribution in [2.45, 2.75) is 74.1 Å². The van der Waals surface area contributed by atoms with Crippen molar-refractivity contribution in [1.29, 1.82) is 0 Å². The Morgan fingerprint density at radius 3 is 1.43 bits per heavy atom. The number of rotatable bonds is 5. The molecule has 0 radical (unpaired) electrons. The molecule has 0 bridgehead atoms. The molecule has 0 spiro atoms. The van der Waals surface area contributed by atoms with Gasteiger partial charge in [0.15, 0.2) is 0 Å². The second-order valence-electron chi connectivity index (χ2n) is 2.16. The van der Waals surface area contributed by atoms with Crippen molar-refractivity contribution in [1.82, 2.24) is 5.32 Å². The van der Waals surface area contributed by atoms with Gasteiger partial charge in [-0.05, 0) is 20.0 Å². The lowest BCUT2D eigenvalue weighted by Gasteiger charge is -1.95. The van der Waals surface area contributed by atoms with Crippen LogP contribution in [-0.4, -0.2) is 13.6 Å². The molecule has 0 aromatic carbocycles. The average Bonchev–Trinajstić information content (AvgIpc) is 2.33. The van der Waals surface area contributed by atoms with Gasteiger partial charge in [0.2, 0.25) is 0 Å². The van der Waals surface area contributed by atoms with Crippen molar-refractivity contribution < 1.29 is 0 Å². The SMILES string of the molecule is CC.CC.CC.CCCCCCNC. The van der Waals surface area contributed by atoms with E-state index in [1.54, 1.807) is 0 Å². The van der Waals surface area contributed by atoms with Crippen molar-refractivity contribution in [3.8, 4) is 0 Å². The lowest BCUT2D eigenvalue weighted by atomic mass is 10.2. The second kappa shape index (κ2) is 52.2. The summed E-state index contributed by atoms with van der Waals surface area (Å²) in [5, 5.41) is 3.13. The van der Waals surface area contributed by atoms with Gasteiger partial charge in [-0.3, -0.25) is 0 Å². The van der Waals surface area contributed by atoms with Gasteiger partial charge in [0.25, 0.3) is 0 Å². The standard InChI is InChI=1S/C7H17N.3C2H6/c1-3-4-5-6-7-8-2;3*1-2/h8H,3-7H2,1-2H3;3*1-2H3. The molecule has 0 rings (SSSR count). The Labute approximate surface area is 93.7 Å². The molecular weight excluding hydrogens is 170 g/mol. The van der Waals surface area contributed by atoms with Gasteiger partial charge in [0, 0.05) is 0 Å². The van der Waals surface area contributed by atoms with Gasteiger partial charge in [0.1, 0.15) is 0 Å². The minimum atomic E-state index is 1.18. The summed E-state index contributed by atoms with van der Waals surface area (Å²) in [4.78, 5) is 0. The fourth-order valence-corrected chi connectivity index (χ4v) is 0.729. The van der Waals surface area contributed by atoms with Crippen LogP contribution in [0.1, 0.15) is 74.1 Å². The molecule has 0 heterocycles. The van der Waals surface area contributed by atoms with Crippen molar-refractivity contribution in [2.24, 2.45) is 0 Å². The molecule has 0 aliphatic rings. The van der Waals surface area contributed by atoms with Crippen LogP contribution in [0.3, 0.4) is 0 Å². The Morgan fingerprint density at radius 2 is 1.14 bits per heavy atom. The van der Waals surface area contributed by atoms with E-state index >= 15 is 0 Å². The highest BCUT2D eigenvalue weighted by Crippen LogP contribution is 1.96. The first kappa shape index (κ1) is 23.6. The molecule has 0 aliphatic carbocycles. The first-order chi connectivity index (χ1) is 6.91. The van der Waals surface area contributed by atoms with Crippen LogP contribution in [0.25, 0.3) is 0 Å². The maximum Gasteiger partial charge on any atom is -0.00519 e. The van der Waals surface area contributed by atoms with Crippen molar-refractivity contribution >= 4 is 0 Å². The third kappa shape index (κ3) is 58.4. The number of unbranched alkanes of at least 4 members (excludes halogenated alkanes) is 3. The molecule has 0 amide bonds. The Morgan fingerprint density at radius 1 is 0.714 bits per heavy atom. The third-order valence-electron chi connectivity index (χ3n) is 1.28. The van der Waals surface area contributed by atoms with E-state index in [0.29, 0.717) is 0 Å². The van der Waals surface area contributed by atoms with E-state index in [-0.39, 0.29) is 0 Å². The summed E-state index contributed by atoms with van der Waals surface area (Å²) in [6, 6.07) is 0. The quantitative estimate of drug-likeness (QED) is 0.632. The van der Waals surface area contributed by atoms with Gasteiger partial charge in [-0.2, -0.15) is 0 Å². The minimum absolute atomic E-state index is 1.18. The molecule has 0 saturated heterocycles. The van der Waals surface area contributed by atoms with Crippen molar-refractivity contribution in [3.63, 3.8) is 0 Å². The van der Waals surface area contributed by atoms with Crippen molar-refractivity contribution in [2.75, 3.05) is 13.6 Å². The van der Waals surface area contributed by atoms with E-state index < -0.39 is 0 Å². The summed E-state index contributed by atoms with van der Waals surface area (Å²) in [6.45, 7) is 15.4. The Kier molecular flexibility index (Phi) is 88.1. The Balaban J connectivity index is -0.0000000708. The van der Waals surface area contributed by atoms with Gasteiger partial charge in [-0.25, -0.2) is 0 Å². The highest BCUT2D eigenvalue weighted by Gasteiger charge is 1.82. The van der Waals surface area contributed by atoms with Gasteiger partial charge >= 0.3 is 0 Å². The Hall–Kier alpha value is -0.0400. The predicted octanol–water partition coefficient (Wildman–Crippen LogP) is 4.86. The molecule has 0 fully saturated rings. The summed E-state index contributed by atoms with van der Waals surface area (Å²) in [7, 11) is 2.01. The highest BCUT2D eigenvalue weighted by atomic mass is 14.8. The van der Waals surface area contributed by atoms with E-state index in [9.17, 15) is 0 Å². The minimum Gasteiger partial charge on any atom is -0.320 e. The summed E-state index contributed by atoms with van der Waals surface area (Å²) >= 11 is 0. The second-order valence-corrected chi connectivity index (χ2v) is 2.16. The third-order valence-corrected chi connectivity index (χ3v) is 1.28. The highest BCUT2D eigenvalue weighted by molar-refractivity contribution is 4.41. The van der Waals surface area contributed by atoms with Gasteiger partial charge in [-0.1, -0.05) is 67.7 Å². The smallest absolute Gasteiger partial charge is 0.00519 e. The normalized spacial score (nSPS) is 6.86. The van der Waals surface area contributed by atoms with Crippen LogP contribution in [0.2, 0.25) is 0 Å². The first-order valence-electron chi connectivity index (χ1n) is 6.56. The van der Waals surface area contributed by atoms with Crippen LogP contribution in [-0.2, 0) is 0 Å². The summed E-state index contributed by atoms with van der Waals surface area (Å²) in [5.41, 5.74) is 0. The first-order valence-corrected chi connectivity index (χ1v) is 6.56. The van der Waals surface area contributed by atoms with E-state index in [0.717, 1.165) is 0 Å². The van der Waals surface area contributed by atoms with Crippen LogP contribution in [0.15, 0.2) is 0 Å². The van der Waals surface area contributed by atoms with Crippen LogP contribution in [0, 0.1) is 0 Å². The maximum absolute atomic E-state index is 3.13. The molecule has 0 aromatic rings. The summed E-state index contributed by atoms with van der Waals surface area (Å²) in [5.74, 6) is 0. The molecule has 1 N–H and O–H groups in total. The van der Waals surface area contributed by atoms with E-state index in [1.165, 1.54) is 32.2 Å². The maximum atomic E-state index is 3.13. The molecule has 0 aliphatic heterocycles. The molecule has 0 atom stereocenters. The summed E-state index contributed by atoms with van der Waals surface area (Å²) in [6.07, 6.45) is 5.45. The molecule has 0 saturated carbocycles. The molecule has 1 heteroatoms. The van der Waals surface area contributed by atoms with Crippen molar-refractivity contribution in [3.05, 3.63) is 0 Å². The predicted molar refractivity (Wildman–Crippen MR) is 72.1 cm³/mol. The lowest BCUT2D eigenvalue weighted by molar-refractivity contribution is 0.634. The van der Waals surface area contributed by atoms with E-state index in [4.69, 9.17) is 0 Å². The van der Waals surface area contributed by atoms with E-state index in [1.807, 2.05) is 48.6 Å². The van der Waals surface area contributed by atoms with E-state index in [2.05, 4.69) is 12.2 Å². The number of hydrogen-bond donors (Lipinski definition) is 1. The Bertz CT molecular complexity index is 30.2. The largest absolute Gasteiger partial charge is 0.320 e. The van der Waals surface area contributed by atoms with Crippen LogP contribution < -0.4 is 5.32 Å². The molecule has 0 unspecified atom stereocenters. The lowest BCUT2D eigenvalue weighted by Crippen LogP contribution is -2.06. The average molecular weight is 205 g/mol. The van der Waals surface area contributed by atoms with Crippen LogP contribution >= 0.6 is 0 Å². The topological polar surface area (TPSA) is 12.0 Å². The molecule has 14 heavy (non-hydrogen) atoms. The zero-order chi connectivity index (χ0) is 12.2. The van der Waals surface area contributed by atoms with Gasteiger partial charge in [-0.15, -0.1) is 0 Å². The van der Waals surface area contributed by atoms with Crippen LogP contribution in [0.5, 0.6) is 0 Å². The molecular formula is C13H35N. The molecule has 92 valence electrons. The fraction of sp³-hybridized carbons (Fsp3) is 1.00. The van der Waals surface area contributed by atoms with Gasteiger partial charge < -0.3 is 5.32 Å². The number of nitrogens with one attached hydrogen (secondary N) is 1. The zero-order valence-electron chi connectivity index (χ0n) is 12.0. The number of hydrogen-bond acceptors (Lipinski definition) is 1. The summed E-state index contributed by atoms with van der Waals surface area (Å²) < 4.78 is 0. The molecule has 1 nitrogen and oxygen atoms in total. The molecule has 0 aromatic heterocycles. The van der Waals surface area contributed by atoms with Crippen LogP contribution in [0.4, 0.5) is 0 Å².